The van der Waals surface area contributed by atoms with E-state index in [1.54, 1.807) is 0 Å². The molecule has 0 aliphatic heterocycles. The molecule has 0 spiro atoms. The van der Waals surface area contributed by atoms with Gasteiger partial charge in [-0.2, -0.15) is 0 Å². The average molecular weight is 127 g/mol. The number of rotatable bonds is 3. The van der Waals surface area contributed by atoms with E-state index in [0.717, 1.165) is 0 Å². The lowest BCUT2D eigenvalue weighted by atomic mass is 10.1. The first kappa shape index (κ1) is 8.70. The molecule has 0 radical (unpaired) electrons. The summed E-state index contributed by atoms with van der Waals surface area (Å²) < 4.78 is 0. The molecular weight excluding hydrogens is 110 g/mol. The van der Waals surface area contributed by atoms with Gasteiger partial charge in [0.05, 0.1) is 0 Å². The van der Waals surface area contributed by atoms with Crippen LogP contribution < -0.4 is 5.32 Å². The quantitative estimate of drug-likeness (QED) is 0.571. The van der Waals surface area contributed by atoms with E-state index in [2.05, 4.69) is 32.2 Å². The van der Waals surface area contributed by atoms with Crippen molar-refractivity contribution in [1.82, 2.24) is 5.32 Å². The van der Waals surface area contributed by atoms with Crippen LogP contribution in [-0.2, 0) is 0 Å². The SMILES string of the molecule is CCC(C=C(C)C)NC. The predicted molar refractivity (Wildman–Crippen MR) is 42.6 cm³/mol. The van der Waals surface area contributed by atoms with Crippen LogP contribution in [-0.4, -0.2) is 13.1 Å². The van der Waals surface area contributed by atoms with Crippen LogP contribution in [0.4, 0.5) is 0 Å². The number of hydrogen-bond acceptors (Lipinski definition) is 1. The summed E-state index contributed by atoms with van der Waals surface area (Å²) in [6, 6.07) is 0.565. The second-order valence-corrected chi connectivity index (χ2v) is 2.55. The largest absolute Gasteiger partial charge is 0.314 e. The van der Waals surface area contributed by atoms with Crippen LogP contribution in [0.15, 0.2) is 11.6 Å². The van der Waals surface area contributed by atoms with Crippen LogP contribution in [0.3, 0.4) is 0 Å². The van der Waals surface area contributed by atoms with Crippen molar-refractivity contribution in [2.75, 3.05) is 7.05 Å². The summed E-state index contributed by atoms with van der Waals surface area (Å²) in [6.45, 7) is 6.43. The Labute approximate surface area is 58.2 Å². The Hall–Kier alpha value is -0.300. The van der Waals surface area contributed by atoms with Gasteiger partial charge in [0.15, 0.2) is 0 Å². The maximum absolute atomic E-state index is 3.21. The minimum Gasteiger partial charge on any atom is -0.314 e. The molecule has 0 heterocycles. The zero-order chi connectivity index (χ0) is 7.28. The molecule has 1 N–H and O–H groups in total. The molecule has 0 saturated heterocycles. The Bertz CT molecular complexity index is 86.7. The standard InChI is InChI=1S/C8H17N/c1-5-8(9-4)6-7(2)3/h6,8-9H,5H2,1-4H3. The minimum atomic E-state index is 0.565. The molecule has 1 nitrogen and oxygen atoms in total. The first-order valence-electron chi connectivity index (χ1n) is 3.53. The minimum absolute atomic E-state index is 0.565. The molecule has 0 aromatic heterocycles. The number of likely N-dealkylation sites (N-methyl/N-ethyl adjacent to an activating group) is 1. The van der Waals surface area contributed by atoms with Crippen molar-refractivity contribution in [3.05, 3.63) is 11.6 Å². The van der Waals surface area contributed by atoms with Crippen molar-refractivity contribution in [3.63, 3.8) is 0 Å². The molecule has 1 atom stereocenters. The lowest BCUT2D eigenvalue weighted by Gasteiger charge is -2.07. The lowest BCUT2D eigenvalue weighted by Crippen LogP contribution is -2.21. The van der Waals surface area contributed by atoms with E-state index >= 15 is 0 Å². The summed E-state index contributed by atoms with van der Waals surface area (Å²) in [5, 5.41) is 3.21. The summed E-state index contributed by atoms with van der Waals surface area (Å²) >= 11 is 0. The van der Waals surface area contributed by atoms with Gasteiger partial charge in [0.2, 0.25) is 0 Å². The summed E-state index contributed by atoms with van der Waals surface area (Å²) in [5.74, 6) is 0. The van der Waals surface area contributed by atoms with Crippen molar-refractivity contribution >= 4 is 0 Å². The summed E-state index contributed by atoms with van der Waals surface area (Å²) in [4.78, 5) is 0. The highest BCUT2D eigenvalue weighted by molar-refractivity contribution is 4.99. The summed E-state index contributed by atoms with van der Waals surface area (Å²) in [6.07, 6.45) is 3.42. The third kappa shape index (κ3) is 4.22. The molecule has 0 aromatic carbocycles. The van der Waals surface area contributed by atoms with Gasteiger partial charge in [-0.1, -0.05) is 18.6 Å². The summed E-state index contributed by atoms with van der Waals surface area (Å²) in [5.41, 5.74) is 1.39. The molecule has 9 heavy (non-hydrogen) atoms. The van der Waals surface area contributed by atoms with E-state index < -0.39 is 0 Å². The Morgan fingerprint density at radius 3 is 2.22 bits per heavy atom. The second-order valence-electron chi connectivity index (χ2n) is 2.55. The van der Waals surface area contributed by atoms with Crippen molar-refractivity contribution < 1.29 is 0 Å². The van der Waals surface area contributed by atoms with E-state index in [1.807, 2.05) is 7.05 Å². The fourth-order valence-electron chi connectivity index (χ4n) is 0.808. The molecule has 0 bridgehead atoms. The van der Waals surface area contributed by atoms with Gasteiger partial charge in [-0.05, 0) is 27.3 Å². The Morgan fingerprint density at radius 2 is 2.11 bits per heavy atom. The lowest BCUT2D eigenvalue weighted by molar-refractivity contribution is 0.644. The molecule has 1 unspecified atom stereocenters. The van der Waals surface area contributed by atoms with Crippen LogP contribution in [0.5, 0.6) is 0 Å². The number of allylic oxidation sites excluding steroid dienone is 1. The van der Waals surface area contributed by atoms with Gasteiger partial charge in [-0.3, -0.25) is 0 Å². The first-order chi connectivity index (χ1) is 4.20. The monoisotopic (exact) mass is 127 g/mol. The van der Waals surface area contributed by atoms with Gasteiger partial charge >= 0.3 is 0 Å². The molecule has 1 heteroatoms. The zero-order valence-corrected chi connectivity index (χ0v) is 6.86. The summed E-state index contributed by atoms with van der Waals surface area (Å²) in [7, 11) is 1.99. The van der Waals surface area contributed by atoms with Gasteiger partial charge in [0.1, 0.15) is 0 Å². The first-order valence-corrected chi connectivity index (χ1v) is 3.53. The van der Waals surface area contributed by atoms with Gasteiger partial charge in [0.25, 0.3) is 0 Å². The molecular formula is C8H17N. The number of hydrogen-bond donors (Lipinski definition) is 1. The van der Waals surface area contributed by atoms with Gasteiger partial charge in [-0.25, -0.2) is 0 Å². The molecule has 0 aromatic rings. The van der Waals surface area contributed by atoms with Crippen LogP contribution in [0, 0.1) is 0 Å². The third-order valence-electron chi connectivity index (χ3n) is 1.35. The Balaban J connectivity index is 3.68. The maximum atomic E-state index is 3.21. The van der Waals surface area contributed by atoms with Crippen molar-refractivity contribution in [3.8, 4) is 0 Å². The van der Waals surface area contributed by atoms with Gasteiger partial charge in [0, 0.05) is 6.04 Å². The highest BCUT2D eigenvalue weighted by Gasteiger charge is 1.94. The van der Waals surface area contributed by atoms with E-state index in [-0.39, 0.29) is 0 Å². The van der Waals surface area contributed by atoms with Crippen LogP contribution in [0.1, 0.15) is 27.2 Å². The van der Waals surface area contributed by atoms with Gasteiger partial charge < -0.3 is 5.32 Å². The second kappa shape index (κ2) is 4.57. The van der Waals surface area contributed by atoms with E-state index in [9.17, 15) is 0 Å². The van der Waals surface area contributed by atoms with Crippen LogP contribution >= 0.6 is 0 Å². The van der Waals surface area contributed by atoms with Crippen LogP contribution in [0.2, 0.25) is 0 Å². The number of nitrogens with one attached hydrogen (secondary N) is 1. The Morgan fingerprint density at radius 1 is 1.56 bits per heavy atom. The van der Waals surface area contributed by atoms with Crippen molar-refractivity contribution in [1.29, 1.82) is 0 Å². The predicted octanol–water partition coefficient (Wildman–Crippen LogP) is 1.95. The molecule has 0 fully saturated rings. The smallest absolute Gasteiger partial charge is 0.0246 e. The topological polar surface area (TPSA) is 12.0 Å². The zero-order valence-electron chi connectivity index (χ0n) is 6.86. The fraction of sp³-hybridized carbons (Fsp3) is 0.750. The van der Waals surface area contributed by atoms with E-state index in [4.69, 9.17) is 0 Å². The van der Waals surface area contributed by atoms with E-state index in [0.29, 0.717) is 6.04 Å². The molecule has 0 amide bonds. The van der Waals surface area contributed by atoms with Gasteiger partial charge in [-0.15, -0.1) is 0 Å². The molecule has 0 saturated carbocycles. The molecule has 0 aliphatic carbocycles. The van der Waals surface area contributed by atoms with E-state index in [1.165, 1.54) is 12.0 Å². The molecule has 54 valence electrons. The maximum Gasteiger partial charge on any atom is 0.0246 e. The highest BCUT2D eigenvalue weighted by atomic mass is 14.8. The molecule has 0 aliphatic rings. The highest BCUT2D eigenvalue weighted by Crippen LogP contribution is 1.96. The van der Waals surface area contributed by atoms with Crippen molar-refractivity contribution in [2.45, 2.75) is 33.2 Å². The van der Waals surface area contributed by atoms with Crippen LogP contribution in [0.25, 0.3) is 0 Å². The average Bonchev–Trinajstić information content (AvgIpc) is 1.82. The normalized spacial score (nSPS) is 12.9. The Kier molecular flexibility index (Phi) is 4.41. The fourth-order valence-corrected chi connectivity index (χ4v) is 0.808. The van der Waals surface area contributed by atoms with Crippen molar-refractivity contribution in [2.24, 2.45) is 0 Å². The molecule has 0 rings (SSSR count). The third-order valence-corrected chi connectivity index (χ3v) is 1.35.